The van der Waals surface area contributed by atoms with E-state index in [0.29, 0.717) is 0 Å². The first-order valence-electron chi connectivity index (χ1n) is 41.1. The third kappa shape index (κ3) is 13.2. The van der Waals surface area contributed by atoms with Gasteiger partial charge in [0.25, 0.3) is 0 Å². The monoisotopic (exact) mass is 1560 g/mol. The number of benzene rings is 20. The van der Waals surface area contributed by atoms with Gasteiger partial charge in [0.05, 0.1) is 17.1 Å². The number of rotatable bonds is 17. The molecule has 20 aromatic carbocycles. The predicted molar refractivity (Wildman–Crippen MR) is 516 cm³/mol. The molecule has 4 heteroatoms. The van der Waals surface area contributed by atoms with Gasteiger partial charge >= 0.3 is 0 Å². The highest BCUT2D eigenvalue weighted by atomic mass is 32.1. The van der Waals surface area contributed by atoms with Gasteiger partial charge in [0.1, 0.15) is 0 Å². The Hall–Kier alpha value is -15.0. The lowest BCUT2D eigenvalue weighted by atomic mass is 9.87. The topological polar surface area (TPSA) is 6.48 Å². The van der Waals surface area contributed by atoms with Crippen molar-refractivity contribution in [2.45, 2.75) is 0 Å². The van der Waals surface area contributed by atoms with E-state index in [9.17, 15) is 0 Å². The summed E-state index contributed by atoms with van der Waals surface area (Å²) in [7, 11) is 0. The maximum absolute atomic E-state index is 2.52. The Kier molecular flexibility index (Phi) is 18.4. The molecule has 0 spiro atoms. The second kappa shape index (κ2) is 30.9. The minimum Gasteiger partial charge on any atom is -0.310 e. The molecule has 0 aliphatic rings. The van der Waals surface area contributed by atoms with Crippen molar-refractivity contribution in [3.8, 4) is 122 Å². The first kappa shape index (κ1) is 71.5. The van der Waals surface area contributed by atoms with Gasteiger partial charge in [-0.15, -0.1) is 22.7 Å². The summed E-state index contributed by atoms with van der Waals surface area (Å²) >= 11 is 3.75. The number of anilines is 6. The van der Waals surface area contributed by atoms with E-state index >= 15 is 0 Å². The van der Waals surface area contributed by atoms with Crippen LogP contribution in [-0.2, 0) is 0 Å². The average molecular weight is 1560 g/mol. The van der Waals surface area contributed by atoms with Crippen LogP contribution in [0.3, 0.4) is 0 Å². The molecule has 0 bridgehead atoms. The van der Waals surface area contributed by atoms with Crippen LogP contribution in [0, 0.1) is 0 Å². The highest BCUT2D eigenvalue weighted by molar-refractivity contribution is 7.26. The SMILES string of the molecule is c1ccc(-c2ccccc2-c2c(-c3ccccc3)cccc2N(c2ccc(-c3ccc4ccccc4c3)cc2)c2ccc(-c3ccc4c(c3)sc3cc(-c5ccc6ccc(-c7ccc(N(c8ccccc8-c8cccc9c8sc8ccccc89)c8cccc(-c9ccccc9)c8-c8ccccc8-c8ccccc8)cc7)cc6c5)ccc34)cc2)cc1. The van der Waals surface area contributed by atoms with Crippen LogP contribution >= 0.6 is 22.7 Å². The second-order valence-electron chi connectivity index (χ2n) is 30.9. The summed E-state index contributed by atoms with van der Waals surface area (Å²) in [6.07, 6.45) is 0. The van der Waals surface area contributed by atoms with Gasteiger partial charge in [0, 0.05) is 79.7 Å². The van der Waals surface area contributed by atoms with Gasteiger partial charge in [-0.1, -0.05) is 370 Å². The Balaban J connectivity index is 0.602. The molecule has 0 saturated carbocycles. The van der Waals surface area contributed by atoms with E-state index in [1.165, 1.54) is 123 Å². The van der Waals surface area contributed by atoms with Crippen LogP contribution in [-0.4, -0.2) is 0 Å². The fraction of sp³-hybridized carbons (Fsp3) is 0. The molecule has 0 aliphatic carbocycles. The number of fused-ring (bicyclic) bond motifs is 8. The Labute approximate surface area is 706 Å². The zero-order valence-electron chi connectivity index (χ0n) is 65.6. The van der Waals surface area contributed by atoms with E-state index in [1.807, 2.05) is 22.7 Å². The zero-order chi connectivity index (χ0) is 79.4. The molecule has 2 heterocycles. The summed E-state index contributed by atoms with van der Waals surface area (Å²) in [5.41, 5.74) is 32.2. The van der Waals surface area contributed by atoms with Crippen LogP contribution in [0.2, 0.25) is 0 Å². The van der Waals surface area contributed by atoms with Gasteiger partial charge in [0.2, 0.25) is 0 Å². The van der Waals surface area contributed by atoms with Crippen LogP contribution in [0.4, 0.5) is 34.1 Å². The summed E-state index contributed by atoms with van der Waals surface area (Å²) in [4.78, 5) is 4.97. The Morgan fingerprint density at radius 1 is 0.150 bits per heavy atom. The predicted octanol–water partition coefficient (Wildman–Crippen LogP) is 34.0. The number of para-hydroxylation sites is 1. The first-order valence-corrected chi connectivity index (χ1v) is 42.7. The molecule has 0 radical (unpaired) electrons. The van der Waals surface area contributed by atoms with Crippen molar-refractivity contribution in [1.29, 1.82) is 0 Å². The van der Waals surface area contributed by atoms with Gasteiger partial charge in [0.15, 0.2) is 0 Å². The number of hydrogen-bond donors (Lipinski definition) is 0. The summed E-state index contributed by atoms with van der Waals surface area (Å²) in [6, 6.07) is 170. The molecular formula is C116H76N2S2. The number of thiophene rings is 2. The number of nitrogens with zero attached hydrogens (tertiary/aromatic N) is 2. The van der Waals surface area contributed by atoms with Crippen molar-refractivity contribution in [3.63, 3.8) is 0 Å². The molecule has 0 aliphatic heterocycles. The Morgan fingerprint density at radius 3 is 1.00 bits per heavy atom. The minimum absolute atomic E-state index is 1.06. The summed E-state index contributed by atoms with van der Waals surface area (Å²) in [5.74, 6) is 0. The van der Waals surface area contributed by atoms with E-state index in [2.05, 4.69) is 471 Å². The Morgan fingerprint density at radius 2 is 0.475 bits per heavy atom. The highest BCUT2D eigenvalue weighted by Gasteiger charge is 2.28. The van der Waals surface area contributed by atoms with E-state index in [0.717, 1.165) is 95.3 Å². The van der Waals surface area contributed by atoms with Crippen LogP contribution in [0.5, 0.6) is 0 Å². The molecule has 0 atom stereocenters. The van der Waals surface area contributed by atoms with Crippen LogP contribution in [0.1, 0.15) is 0 Å². The quantitative estimate of drug-likeness (QED) is 0.0896. The van der Waals surface area contributed by atoms with Crippen molar-refractivity contribution in [2.24, 2.45) is 0 Å². The first-order chi connectivity index (χ1) is 59.5. The van der Waals surface area contributed by atoms with Gasteiger partial charge in [-0.05, 0) is 213 Å². The fourth-order valence-electron chi connectivity index (χ4n) is 18.1. The lowest BCUT2D eigenvalue weighted by Crippen LogP contribution is -2.13. The summed E-state index contributed by atoms with van der Waals surface area (Å²) < 4.78 is 5.09. The maximum Gasteiger partial charge on any atom is 0.0546 e. The standard InChI is InChI=1S/C116H76N2S2/c1-5-27-82(28-6-1)96-36-15-17-40-104(96)114-98(84-31-9-3-10-32-84)42-24-47-109(114)117(93-64-56-78(57-65-93)87-53-50-77-26-13-14-35-86(77)72-87)94-66-58-80(59-67-94)90-62-70-102-103-71-63-91(76-113(103)119-112(102)75-90)89-55-52-81-51-54-88(73-92(81)74-89)79-60-68-95(69-61-79)118(108-46-21-19-38-100(108)106-44-23-45-107-101-39-20-22-49-111(101)120-116(106)107)110-48-25-43-99(85-33-11-4-12-34-85)115(110)105-41-18-16-37-97(105)83-29-7-2-8-30-83/h1-76H. The molecule has 120 heavy (non-hydrogen) atoms. The smallest absolute Gasteiger partial charge is 0.0546 e. The molecule has 2 aromatic heterocycles. The van der Waals surface area contributed by atoms with E-state index < -0.39 is 0 Å². The van der Waals surface area contributed by atoms with E-state index in [4.69, 9.17) is 0 Å². The van der Waals surface area contributed by atoms with E-state index in [1.54, 1.807) is 0 Å². The molecule has 2 nitrogen and oxygen atoms in total. The van der Waals surface area contributed by atoms with Crippen LogP contribution in [0.25, 0.3) is 184 Å². The normalized spacial score (nSPS) is 11.5. The van der Waals surface area contributed by atoms with Crippen molar-refractivity contribution in [2.75, 3.05) is 9.80 Å². The third-order valence-electron chi connectivity index (χ3n) is 23.9. The highest BCUT2D eigenvalue weighted by Crippen LogP contribution is 2.54. The number of hydrogen-bond acceptors (Lipinski definition) is 4. The maximum atomic E-state index is 2.52. The largest absolute Gasteiger partial charge is 0.310 e. The van der Waals surface area contributed by atoms with Gasteiger partial charge < -0.3 is 9.80 Å². The van der Waals surface area contributed by atoms with Crippen LogP contribution < -0.4 is 9.80 Å². The molecular weight excluding hydrogens is 1490 g/mol. The molecule has 22 rings (SSSR count). The average Bonchev–Trinajstić information content (AvgIpc) is 1.01. The van der Waals surface area contributed by atoms with Crippen molar-refractivity contribution < 1.29 is 0 Å². The second-order valence-corrected chi connectivity index (χ2v) is 33.1. The Bertz CT molecular complexity index is 7620. The van der Waals surface area contributed by atoms with Crippen molar-refractivity contribution >= 4 is 119 Å². The summed E-state index contributed by atoms with van der Waals surface area (Å²) in [5, 5.41) is 9.95. The van der Waals surface area contributed by atoms with Gasteiger partial charge in [-0.3, -0.25) is 0 Å². The lowest BCUT2D eigenvalue weighted by Gasteiger charge is -2.31. The third-order valence-corrected chi connectivity index (χ3v) is 26.2. The van der Waals surface area contributed by atoms with Crippen LogP contribution in [0.15, 0.2) is 461 Å². The molecule has 0 unspecified atom stereocenters. The van der Waals surface area contributed by atoms with Gasteiger partial charge in [-0.2, -0.15) is 0 Å². The van der Waals surface area contributed by atoms with Crippen molar-refractivity contribution in [3.05, 3.63) is 461 Å². The molecule has 562 valence electrons. The van der Waals surface area contributed by atoms with Crippen molar-refractivity contribution in [1.82, 2.24) is 0 Å². The molecule has 0 fully saturated rings. The fourth-order valence-corrected chi connectivity index (χ4v) is 20.5. The molecule has 0 N–H and O–H groups in total. The minimum atomic E-state index is 1.06. The summed E-state index contributed by atoms with van der Waals surface area (Å²) in [6.45, 7) is 0. The zero-order valence-corrected chi connectivity index (χ0v) is 67.2. The lowest BCUT2D eigenvalue weighted by molar-refractivity contribution is 1.28. The van der Waals surface area contributed by atoms with E-state index in [-0.39, 0.29) is 0 Å². The van der Waals surface area contributed by atoms with Gasteiger partial charge in [-0.25, -0.2) is 0 Å². The molecule has 22 aromatic rings. The molecule has 0 saturated heterocycles. The molecule has 0 amide bonds.